The molecule has 3 nitrogen and oxygen atoms in total. The standard InChI is InChI=1S/C13H14BrNO2/c1-8-6-9(4-5-10(8)14)15-11(16)7-13(2,3)12(15)17/h4-6H,7H2,1-3H3. The summed E-state index contributed by atoms with van der Waals surface area (Å²) in [6, 6.07) is 5.49. The van der Waals surface area contributed by atoms with E-state index in [-0.39, 0.29) is 18.2 Å². The molecule has 1 aliphatic heterocycles. The van der Waals surface area contributed by atoms with E-state index < -0.39 is 5.41 Å². The molecule has 1 aromatic carbocycles. The molecule has 1 fully saturated rings. The van der Waals surface area contributed by atoms with Crippen LogP contribution in [0.3, 0.4) is 0 Å². The molecule has 2 amide bonds. The van der Waals surface area contributed by atoms with Gasteiger partial charge in [-0.05, 0) is 30.7 Å². The van der Waals surface area contributed by atoms with Crippen LogP contribution in [-0.4, -0.2) is 11.8 Å². The van der Waals surface area contributed by atoms with Gasteiger partial charge in [0.05, 0.1) is 11.1 Å². The normalized spacial score (nSPS) is 18.9. The summed E-state index contributed by atoms with van der Waals surface area (Å²) >= 11 is 3.40. The number of rotatable bonds is 1. The van der Waals surface area contributed by atoms with Gasteiger partial charge in [-0.2, -0.15) is 0 Å². The van der Waals surface area contributed by atoms with Crippen LogP contribution in [0.15, 0.2) is 22.7 Å². The topological polar surface area (TPSA) is 37.4 Å². The predicted molar refractivity (Wildman–Crippen MR) is 69.8 cm³/mol. The van der Waals surface area contributed by atoms with Gasteiger partial charge in [0, 0.05) is 10.9 Å². The van der Waals surface area contributed by atoms with Crippen molar-refractivity contribution in [3.8, 4) is 0 Å². The van der Waals surface area contributed by atoms with Crippen molar-refractivity contribution in [3.05, 3.63) is 28.2 Å². The zero-order chi connectivity index (χ0) is 12.8. The highest BCUT2D eigenvalue weighted by molar-refractivity contribution is 9.10. The van der Waals surface area contributed by atoms with Crippen LogP contribution in [0.2, 0.25) is 0 Å². The summed E-state index contributed by atoms with van der Waals surface area (Å²) < 4.78 is 0.972. The molecule has 0 spiro atoms. The molecule has 1 saturated heterocycles. The van der Waals surface area contributed by atoms with E-state index >= 15 is 0 Å². The van der Waals surface area contributed by atoms with Crippen LogP contribution in [0.1, 0.15) is 25.8 Å². The molecule has 4 heteroatoms. The highest BCUT2D eigenvalue weighted by atomic mass is 79.9. The minimum Gasteiger partial charge on any atom is -0.274 e. The first-order chi connectivity index (χ1) is 7.83. The minimum absolute atomic E-state index is 0.121. The van der Waals surface area contributed by atoms with Crippen LogP contribution in [0.5, 0.6) is 0 Å². The third-order valence-electron chi connectivity index (χ3n) is 3.02. The van der Waals surface area contributed by atoms with E-state index in [9.17, 15) is 9.59 Å². The molecule has 0 bridgehead atoms. The van der Waals surface area contributed by atoms with E-state index in [1.807, 2.05) is 19.1 Å². The molecular formula is C13H14BrNO2. The Morgan fingerprint density at radius 1 is 1.29 bits per heavy atom. The largest absolute Gasteiger partial charge is 0.274 e. The average Bonchev–Trinajstić information content (AvgIpc) is 2.42. The van der Waals surface area contributed by atoms with E-state index in [4.69, 9.17) is 0 Å². The maximum absolute atomic E-state index is 12.1. The molecule has 1 heterocycles. The lowest BCUT2D eigenvalue weighted by molar-refractivity contribution is -0.124. The molecule has 0 saturated carbocycles. The molecule has 1 aliphatic rings. The summed E-state index contributed by atoms with van der Waals surface area (Å²) in [4.78, 5) is 25.3. The fourth-order valence-corrected chi connectivity index (χ4v) is 2.22. The van der Waals surface area contributed by atoms with Gasteiger partial charge in [0.25, 0.3) is 0 Å². The fraction of sp³-hybridized carbons (Fsp3) is 0.385. The lowest BCUT2D eigenvalue weighted by Crippen LogP contribution is -2.32. The van der Waals surface area contributed by atoms with Crippen molar-refractivity contribution in [2.75, 3.05) is 4.90 Å². The fourth-order valence-electron chi connectivity index (χ4n) is 1.98. The van der Waals surface area contributed by atoms with Crippen LogP contribution in [0.4, 0.5) is 5.69 Å². The van der Waals surface area contributed by atoms with Gasteiger partial charge in [0.1, 0.15) is 0 Å². The van der Waals surface area contributed by atoms with E-state index in [2.05, 4.69) is 15.9 Å². The lowest BCUT2D eigenvalue weighted by Gasteiger charge is -2.18. The van der Waals surface area contributed by atoms with Crippen LogP contribution < -0.4 is 4.90 Å². The summed E-state index contributed by atoms with van der Waals surface area (Å²) in [5.74, 6) is -0.244. The third kappa shape index (κ3) is 2.02. The van der Waals surface area contributed by atoms with Crippen molar-refractivity contribution in [2.24, 2.45) is 5.41 Å². The Bertz CT molecular complexity index is 508. The molecule has 0 aromatic heterocycles. The van der Waals surface area contributed by atoms with Gasteiger partial charge in [-0.1, -0.05) is 29.8 Å². The molecule has 0 aliphatic carbocycles. The molecule has 0 unspecified atom stereocenters. The Morgan fingerprint density at radius 2 is 1.94 bits per heavy atom. The summed E-state index contributed by atoms with van der Waals surface area (Å²) in [6.45, 7) is 5.54. The number of carbonyl (C=O) groups is 2. The Kier molecular flexibility index (Phi) is 2.86. The predicted octanol–water partition coefficient (Wildman–Crippen LogP) is 3.05. The number of anilines is 1. The highest BCUT2D eigenvalue weighted by Gasteiger charge is 2.45. The van der Waals surface area contributed by atoms with Crippen molar-refractivity contribution >= 4 is 33.4 Å². The Hall–Kier alpha value is -1.16. The van der Waals surface area contributed by atoms with E-state index in [1.54, 1.807) is 19.9 Å². The first-order valence-corrected chi connectivity index (χ1v) is 6.26. The number of nitrogens with zero attached hydrogens (tertiary/aromatic N) is 1. The first-order valence-electron chi connectivity index (χ1n) is 5.46. The number of halogens is 1. The molecule has 0 N–H and O–H groups in total. The summed E-state index contributed by atoms with van der Waals surface area (Å²) in [5.41, 5.74) is 1.08. The second-order valence-electron chi connectivity index (χ2n) is 5.03. The van der Waals surface area contributed by atoms with Crippen molar-refractivity contribution in [1.82, 2.24) is 0 Å². The number of amides is 2. The molecule has 1 aromatic rings. The van der Waals surface area contributed by atoms with Crippen molar-refractivity contribution in [2.45, 2.75) is 27.2 Å². The number of hydrogen-bond donors (Lipinski definition) is 0. The smallest absolute Gasteiger partial charge is 0.239 e. The Balaban J connectivity index is 2.44. The Labute approximate surface area is 109 Å². The van der Waals surface area contributed by atoms with E-state index in [0.29, 0.717) is 5.69 Å². The van der Waals surface area contributed by atoms with E-state index in [1.165, 1.54) is 4.90 Å². The SMILES string of the molecule is Cc1cc(N2C(=O)CC(C)(C)C2=O)ccc1Br. The van der Waals surface area contributed by atoms with Crippen LogP contribution in [-0.2, 0) is 9.59 Å². The third-order valence-corrected chi connectivity index (χ3v) is 3.91. The monoisotopic (exact) mass is 295 g/mol. The van der Waals surface area contributed by atoms with Gasteiger partial charge in [-0.25, -0.2) is 0 Å². The van der Waals surface area contributed by atoms with Gasteiger partial charge in [-0.3, -0.25) is 14.5 Å². The molecular weight excluding hydrogens is 282 g/mol. The Morgan fingerprint density at radius 3 is 2.41 bits per heavy atom. The second kappa shape index (κ2) is 3.95. The molecule has 2 rings (SSSR count). The summed E-state index contributed by atoms with van der Waals surface area (Å²) in [6.07, 6.45) is 0.279. The van der Waals surface area contributed by atoms with Crippen LogP contribution in [0, 0.1) is 12.3 Å². The molecule has 90 valence electrons. The van der Waals surface area contributed by atoms with Gasteiger partial charge < -0.3 is 0 Å². The minimum atomic E-state index is -0.585. The number of hydrogen-bond acceptors (Lipinski definition) is 2. The number of aryl methyl sites for hydroxylation is 1. The zero-order valence-corrected chi connectivity index (χ0v) is 11.7. The molecule has 0 atom stereocenters. The summed E-state index contributed by atoms with van der Waals surface area (Å²) in [5, 5.41) is 0. The van der Waals surface area contributed by atoms with Crippen LogP contribution >= 0.6 is 15.9 Å². The van der Waals surface area contributed by atoms with Gasteiger partial charge in [0.15, 0.2) is 0 Å². The van der Waals surface area contributed by atoms with Crippen molar-refractivity contribution in [3.63, 3.8) is 0 Å². The molecule has 0 radical (unpaired) electrons. The van der Waals surface area contributed by atoms with Gasteiger partial charge >= 0.3 is 0 Å². The maximum Gasteiger partial charge on any atom is 0.239 e. The summed E-state index contributed by atoms with van der Waals surface area (Å²) in [7, 11) is 0. The second-order valence-corrected chi connectivity index (χ2v) is 5.88. The van der Waals surface area contributed by atoms with Crippen LogP contribution in [0.25, 0.3) is 0 Å². The zero-order valence-electron chi connectivity index (χ0n) is 10.1. The molecule has 17 heavy (non-hydrogen) atoms. The maximum atomic E-state index is 12.1. The van der Waals surface area contributed by atoms with E-state index in [0.717, 1.165) is 10.0 Å². The quantitative estimate of drug-likeness (QED) is 0.747. The highest BCUT2D eigenvalue weighted by Crippen LogP contribution is 2.35. The van der Waals surface area contributed by atoms with Gasteiger partial charge in [0.2, 0.25) is 11.8 Å². The number of benzene rings is 1. The number of imide groups is 1. The number of carbonyl (C=O) groups excluding carboxylic acids is 2. The first kappa shape index (κ1) is 12.3. The van der Waals surface area contributed by atoms with Crippen molar-refractivity contribution < 1.29 is 9.59 Å². The lowest BCUT2D eigenvalue weighted by atomic mass is 9.92. The van der Waals surface area contributed by atoms with Gasteiger partial charge in [-0.15, -0.1) is 0 Å². The van der Waals surface area contributed by atoms with Crippen molar-refractivity contribution in [1.29, 1.82) is 0 Å². The average molecular weight is 296 g/mol.